The molecule has 2 rings (SSSR count). The van der Waals surface area contributed by atoms with Gasteiger partial charge < -0.3 is 10.1 Å². The number of likely N-dealkylation sites (tertiary alicyclic amines) is 1. The maximum Gasteiger partial charge on any atom is 0.0587 e. The van der Waals surface area contributed by atoms with Crippen LogP contribution in [-0.2, 0) is 11.3 Å². The van der Waals surface area contributed by atoms with Crippen molar-refractivity contribution in [2.45, 2.75) is 25.4 Å². The fourth-order valence-electron chi connectivity index (χ4n) is 2.65. The number of benzene rings is 1. The quantitative estimate of drug-likeness (QED) is 0.778. The summed E-state index contributed by atoms with van der Waals surface area (Å²) in [6.07, 6.45) is 2.57. The number of ether oxygens (including phenoxy) is 1. The van der Waals surface area contributed by atoms with Gasteiger partial charge in [-0.3, -0.25) is 4.90 Å². The fourth-order valence-corrected chi connectivity index (χ4v) is 2.86. The van der Waals surface area contributed by atoms with E-state index in [1.807, 2.05) is 12.1 Å². The van der Waals surface area contributed by atoms with Gasteiger partial charge in [0.25, 0.3) is 0 Å². The summed E-state index contributed by atoms with van der Waals surface area (Å²) in [5, 5.41) is 4.29. The minimum absolute atomic E-state index is 0.635. The molecular formula is C15H23ClN2O. The first-order valence-electron chi connectivity index (χ1n) is 6.98. The number of methoxy groups -OCH3 is 1. The van der Waals surface area contributed by atoms with Crippen LogP contribution in [0.15, 0.2) is 24.3 Å². The highest BCUT2D eigenvalue weighted by Crippen LogP contribution is 2.20. The van der Waals surface area contributed by atoms with Gasteiger partial charge in [-0.2, -0.15) is 0 Å². The minimum Gasteiger partial charge on any atom is -0.383 e. The van der Waals surface area contributed by atoms with Crippen molar-refractivity contribution in [2.24, 2.45) is 0 Å². The molecule has 0 saturated carbocycles. The summed E-state index contributed by atoms with van der Waals surface area (Å²) in [7, 11) is 1.74. The normalized spacial score (nSPS) is 20.0. The van der Waals surface area contributed by atoms with Crippen LogP contribution >= 0.6 is 11.6 Å². The van der Waals surface area contributed by atoms with Gasteiger partial charge in [0.05, 0.1) is 6.61 Å². The number of hydrogen-bond acceptors (Lipinski definition) is 3. The van der Waals surface area contributed by atoms with Gasteiger partial charge in [0.2, 0.25) is 0 Å². The van der Waals surface area contributed by atoms with Gasteiger partial charge in [-0.1, -0.05) is 23.7 Å². The highest BCUT2D eigenvalue weighted by atomic mass is 35.5. The third-order valence-electron chi connectivity index (χ3n) is 3.64. The Kier molecular flexibility index (Phi) is 6.11. The first-order valence-corrected chi connectivity index (χ1v) is 7.35. The average Bonchev–Trinajstić information content (AvgIpc) is 2.82. The maximum atomic E-state index is 6.04. The molecule has 4 heteroatoms. The van der Waals surface area contributed by atoms with E-state index in [1.165, 1.54) is 24.9 Å². The summed E-state index contributed by atoms with van der Waals surface area (Å²) in [4.78, 5) is 2.55. The SMILES string of the molecule is COCCNCC1CCCN1Cc1cccc(Cl)c1. The Morgan fingerprint density at radius 2 is 2.37 bits per heavy atom. The lowest BCUT2D eigenvalue weighted by atomic mass is 10.2. The Labute approximate surface area is 120 Å². The lowest BCUT2D eigenvalue weighted by Crippen LogP contribution is -2.38. The molecule has 1 fully saturated rings. The largest absolute Gasteiger partial charge is 0.383 e. The summed E-state index contributed by atoms with van der Waals surface area (Å²) in [6.45, 7) is 4.93. The molecular weight excluding hydrogens is 260 g/mol. The van der Waals surface area contributed by atoms with Gasteiger partial charge in [0.1, 0.15) is 0 Å². The molecule has 1 atom stereocenters. The Bertz CT molecular complexity index is 386. The molecule has 0 aliphatic carbocycles. The zero-order valence-electron chi connectivity index (χ0n) is 11.6. The smallest absolute Gasteiger partial charge is 0.0587 e. The van der Waals surface area contributed by atoms with Crippen LogP contribution in [0, 0.1) is 0 Å². The molecule has 106 valence electrons. The van der Waals surface area contributed by atoms with Crippen molar-refractivity contribution in [3.63, 3.8) is 0 Å². The molecule has 0 amide bonds. The third kappa shape index (κ3) is 4.77. The van der Waals surface area contributed by atoms with E-state index in [-0.39, 0.29) is 0 Å². The van der Waals surface area contributed by atoms with Crippen molar-refractivity contribution in [1.82, 2.24) is 10.2 Å². The second-order valence-electron chi connectivity index (χ2n) is 5.09. The van der Waals surface area contributed by atoms with Crippen LogP contribution in [0.3, 0.4) is 0 Å². The lowest BCUT2D eigenvalue weighted by Gasteiger charge is -2.25. The van der Waals surface area contributed by atoms with Gasteiger partial charge in [0.15, 0.2) is 0 Å². The van der Waals surface area contributed by atoms with Crippen LogP contribution in [-0.4, -0.2) is 44.3 Å². The van der Waals surface area contributed by atoms with E-state index in [9.17, 15) is 0 Å². The molecule has 0 bridgehead atoms. The molecule has 1 aromatic carbocycles. The van der Waals surface area contributed by atoms with E-state index in [2.05, 4.69) is 22.3 Å². The molecule has 1 saturated heterocycles. The van der Waals surface area contributed by atoms with E-state index in [1.54, 1.807) is 7.11 Å². The second kappa shape index (κ2) is 7.85. The summed E-state index contributed by atoms with van der Waals surface area (Å²) in [5.41, 5.74) is 1.30. The molecule has 0 aromatic heterocycles. The summed E-state index contributed by atoms with van der Waals surface area (Å²) in [6, 6.07) is 8.81. The van der Waals surface area contributed by atoms with Crippen molar-refractivity contribution in [1.29, 1.82) is 0 Å². The van der Waals surface area contributed by atoms with Crippen LogP contribution in [0.5, 0.6) is 0 Å². The molecule has 1 N–H and O–H groups in total. The molecule has 19 heavy (non-hydrogen) atoms. The topological polar surface area (TPSA) is 24.5 Å². The third-order valence-corrected chi connectivity index (χ3v) is 3.87. The van der Waals surface area contributed by atoms with Gasteiger partial charge in [-0.05, 0) is 37.1 Å². The summed E-state index contributed by atoms with van der Waals surface area (Å²) >= 11 is 6.04. The number of nitrogens with one attached hydrogen (secondary N) is 1. The monoisotopic (exact) mass is 282 g/mol. The maximum absolute atomic E-state index is 6.04. The van der Waals surface area contributed by atoms with Crippen molar-refractivity contribution in [3.8, 4) is 0 Å². The Morgan fingerprint density at radius 3 is 3.16 bits per heavy atom. The highest BCUT2D eigenvalue weighted by molar-refractivity contribution is 6.30. The Hall–Kier alpha value is -0.610. The Balaban J connectivity index is 1.81. The predicted octanol–water partition coefficient (Wildman–Crippen LogP) is 2.54. The van der Waals surface area contributed by atoms with E-state index >= 15 is 0 Å². The number of hydrogen-bond donors (Lipinski definition) is 1. The standard InChI is InChI=1S/C15H23ClN2O/c1-19-9-7-17-11-15-6-3-8-18(15)12-13-4-2-5-14(16)10-13/h2,4-5,10,15,17H,3,6-9,11-12H2,1H3. The van der Waals surface area contributed by atoms with E-state index in [0.29, 0.717) is 6.04 Å². The zero-order valence-corrected chi connectivity index (χ0v) is 12.3. The van der Waals surface area contributed by atoms with Crippen LogP contribution in [0.4, 0.5) is 0 Å². The molecule has 1 aliphatic heterocycles. The summed E-state index contributed by atoms with van der Waals surface area (Å²) < 4.78 is 5.05. The van der Waals surface area contributed by atoms with Gasteiger partial charge in [-0.25, -0.2) is 0 Å². The van der Waals surface area contributed by atoms with E-state index < -0.39 is 0 Å². The number of halogens is 1. The van der Waals surface area contributed by atoms with Crippen molar-refractivity contribution < 1.29 is 4.74 Å². The number of nitrogens with zero attached hydrogens (tertiary/aromatic N) is 1. The van der Waals surface area contributed by atoms with Crippen LogP contribution < -0.4 is 5.32 Å². The number of rotatable bonds is 7. The lowest BCUT2D eigenvalue weighted by molar-refractivity contribution is 0.191. The molecule has 1 heterocycles. The molecule has 3 nitrogen and oxygen atoms in total. The first-order chi connectivity index (χ1) is 9.29. The Morgan fingerprint density at radius 1 is 1.47 bits per heavy atom. The molecule has 1 aromatic rings. The first kappa shape index (κ1) is 14.8. The molecule has 0 spiro atoms. The van der Waals surface area contributed by atoms with Gasteiger partial charge in [0, 0.05) is 37.8 Å². The highest BCUT2D eigenvalue weighted by Gasteiger charge is 2.23. The van der Waals surface area contributed by atoms with Crippen LogP contribution in [0.2, 0.25) is 5.02 Å². The molecule has 1 aliphatic rings. The van der Waals surface area contributed by atoms with Crippen LogP contribution in [0.1, 0.15) is 18.4 Å². The predicted molar refractivity (Wildman–Crippen MR) is 79.6 cm³/mol. The second-order valence-corrected chi connectivity index (χ2v) is 5.53. The molecule has 0 radical (unpaired) electrons. The van der Waals surface area contributed by atoms with Gasteiger partial charge >= 0.3 is 0 Å². The van der Waals surface area contributed by atoms with Crippen molar-refractivity contribution >= 4 is 11.6 Å². The van der Waals surface area contributed by atoms with E-state index in [4.69, 9.17) is 16.3 Å². The van der Waals surface area contributed by atoms with Crippen molar-refractivity contribution in [3.05, 3.63) is 34.9 Å². The zero-order chi connectivity index (χ0) is 13.5. The average molecular weight is 283 g/mol. The van der Waals surface area contributed by atoms with Crippen molar-refractivity contribution in [2.75, 3.05) is 33.4 Å². The summed E-state index contributed by atoms with van der Waals surface area (Å²) in [5.74, 6) is 0. The van der Waals surface area contributed by atoms with E-state index in [0.717, 1.165) is 31.3 Å². The van der Waals surface area contributed by atoms with Gasteiger partial charge in [-0.15, -0.1) is 0 Å². The van der Waals surface area contributed by atoms with Crippen LogP contribution in [0.25, 0.3) is 0 Å². The molecule has 1 unspecified atom stereocenters. The minimum atomic E-state index is 0.635. The fraction of sp³-hybridized carbons (Fsp3) is 0.600.